The molecule has 0 bridgehead atoms. The van der Waals surface area contributed by atoms with Gasteiger partial charge in [-0.15, -0.1) is 0 Å². The second kappa shape index (κ2) is 4.65. The van der Waals surface area contributed by atoms with Crippen molar-refractivity contribution in [3.8, 4) is 0 Å². The van der Waals surface area contributed by atoms with Crippen LogP contribution in [-0.2, 0) is 10.0 Å². The monoisotopic (exact) mass is 241 g/mol. The Kier molecular flexibility index (Phi) is 3.70. The van der Waals surface area contributed by atoms with E-state index in [0.29, 0.717) is 11.3 Å². The highest BCUT2D eigenvalue weighted by Crippen LogP contribution is 2.13. The van der Waals surface area contributed by atoms with Crippen molar-refractivity contribution in [2.75, 3.05) is 11.0 Å². The minimum absolute atomic E-state index is 0.0471. The molecule has 0 spiro atoms. The van der Waals surface area contributed by atoms with Crippen molar-refractivity contribution >= 4 is 21.5 Å². The predicted molar refractivity (Wildman–Crippen MR) is 64.1 cm³/mol. The normalized spacial score (nSPS) is 11.5. The first-order valence-corrected chi connectivity index (χ1v) is 6.81. The van der Waals surface area contributed by atoms with Crippen LogP contribution in [0.1, 0.15) is 24.2 Å². The smallest absolute Gasteiger partial charge is 0.229 e. The van der Waals surface area contributed by atoms with Crippen LogP contribution in [0.3, 0.4) is 0 Å². The van der Waals surface area contributed by atoms with Crippen molar-refractivity contribution in [1.82, 2.24) is 0 Å². The van der Waals surface area contributed by atoms with E-state index in [9.17, 15) is 13.2 Å². The van der Waals surface area contributed by atoms with Crippen LogP contribution < -0.4 is 4.72 Å². The molecule has 0 aromatic heterocycles. The van der Waals surface area contributed by atoms with Crippen molar-refractivity contribution in [1.29, 1.82) is 0 Å². The first kappa shape index (κ1) is 12.7. The fourth-order valence-corrected chi connectivity index (χ4v) is 1.81. The molecular weight excluding hydrogens is 226 g/mol. The van der Waals surface area contributed by atoms with Crippen LogP contribution in [-0.4, -0.2) is 20.5 Å². The third-order valence-corrected chi connectivity index (χ3v) is 2.60. The van der Waals surface area contributed by atoms with Crippen molar-refractivity contribution in [2.24, 2.45) is 5.92 Å². The number of sulfonamides is 1. The Morgan fingerprint density at radius 2 is 1.69 bits per heavy atom. The summed E-state index contributed by atoms with van der Waals surface area (Å²) in [6.45, 7) is 3.65. The van der Waals surface area contributed by atoms with Crippen LogP contribution in [0.4, 0.5) is 5.69 Å². The maximum Gasteiger partial charge on any atom is 0.229 e. The summed E-state index contributed by atoms with van der Waals surface area (Å²) in [5.74, 6) is -0.0142. The lowest BCUT2D eigenvalue weighted by Gasteiger charge is -2.06. The summed E-state index contributed by atoms with van der Waals surface area (Å²) in [5, 5.41) is 0. The van der Waals surface area contributed by atoms with Crippen LogP contribution in [0.2, 0.25) is 0 Å². The summed E-state index contributed by atoms with van der Waals surface area (Å²) in [4.78, 5) is 11.6. The second-order valence-electron chi connectivity index (χ2n) is 3.97. The largest absolute Gasteiger partial charge is 0.294 e. The van der Waals surface area contributed by atoms with E-state index in [4.69, 9.17) is 0 Å². The Labute approximate surface area is 95.7 Å². The molecule has 0 heterocycles. The van der Waals surface area contributed by atoms with Crippen LogP contribution in [0, 0.1) is 5.92 Å². The van der Waals surface area contributed by atoms with Gasteiger partial charge in [0, 0.05) is 17.2 Å². The Balaban J connectivity index is 2.88. The lowest BCUT2D eigenvalue weighted by Crippen LogP contribution is -2.10. The average molecular weight is 241 g/mol. The van der Waals surface area contributed by atoms with Crippen molar-refractivity contribution in [3.63, 3.8) is 0 Å². The molecule has 1 aromatic carbocycles. The van der Waals surface area contributed by atoms with Crippen molar-refractivity contribution in [2.45, 2.75) is 13.8 Å². The molecular formula is C11H15NO3S. The van der Waals surface area contributed by atoms with Crippen molar-refractivity contribution in [3.05, 3.63) is 29.8 Å². The van der Waals surface area contributed by atoms with E-state index in [1.54, 1.807) is 24.3 Å². The summed E-state index contributed by atoms with van der Waals surface area (Å²) in [6, 6.07) is 6.40. The van der Waals surface area contributed by atoms with Gasteiger partial charge in [-0.2, -0.15) is 0 Å². The third-order valence-electron chi connectivity index (χ3n) is 2.00. The first-order valence-electron chi connectivity index (χ1n) is 4.91. The van der Waals surface area contributed by atoms with Gasteiger partial charge in [-0.1, -0.05) is 13.8 Å². The number of carbonyl (C=O) groups excluding carboxylic acids is 1. The summed E-state index contributed by atoms with van der Waals surface area (Å²) >= 11 is 0. The van der Waals surface area contributed by atoms with Gasteiger partial charge < -0.3 is 0 Å². The Morgan fingerprint density at radius 3 is 2.06 bits per heavy atom. The lowest BCUT2D eigenvalue weighted by molar-refractivity contribution is 0.0939. The number of anilines is 1. The molecule has 5 heteroatoms. The summed E-state index contributed by atoms with van der Waals surface area (Å²) < 4.78 is 24.2. The number of benzene rings is 1. The molecule has 0 atom stereocenters. The number of Topliss-reactive ketones (excluding diaryl/α,β-unsaturated/α-hetero) is 1. The molecule has 0 aliphatic carbocycles. The highest BCUT2D eigenvalue weighted by molar-refractivity contribution is 7.92. The Bertz CT molecular complexity index is 474. The first-order chi connectivity index (χ1) is 7.29. The van der Waals surface area contributed by atoms with Gasteiger partial charge in [0.1, 0.15) is 0 Å². The van der Waals surface area contributed by atoms with E-state index >= 15 is 0 Å². The van der Waals surface area contributed by atoms with Gasteiger partial charge in [0.25, 0.3) is 0 Å². The number of hydrogen-bond donors (Lipinski definition) is 1. The number of ketones is 1. The van der Waals surface area contributed by atoms with Gasteiger partial charge in [0.05, 0.1) is 6.26 Å². The summed E-state index contributed by atoms with van der Waals surface area (Å²) in [7, 11) is -3.26. The van der Waals surface area contributed by atoms with E-state index < -0.39 is 10.0 Å². The van der Waals surface area contributed by atoms with Crippen LogP contribution in [0.5, 0.6) is 0 Å². The SMILES string of the molecule is CC(C)C(=O)c1ccc(NS(C)(=O)=O)cc1. The van der Waals surface area contributed by atoms with E-state index in [0.717, 1.165) is 6.26 Å². The van der Waals surface area contributed by atoms with Gasteiger partial charge in [0.2, 0.25) is 10.0 Å². The molecule has 88 valence electrons. The van der Waals surface area contributed by atoms with Gasteiger partial charge in [0.15, 0.2) is 5.78 Å². The molecule has 1 rings (SSSR count). The van der Waals surface area contributed by atoms with E-state index in [2.05, 4.69) is 4.72 Å². The molecule has 0 saturated carbocycles. The molecule has 16 heavy (non-hydrogen) atoms. The minimum Gasteiger partial charge on any atom is -0.294 e. The third kappa shape index (κ3) is 3.66. The molecule has 0 saturated heterocycles. The highest BCUT2D eigenvalue weighted by atomic mass is 32.2. The van der Waals surface area contributed by atoms with Gasteiger partial charge in [-0.3, -0.25) is 9.52 Å². The molecule has 4 nitrogen and oxygen atoms in total. The number of rotatable bonds is 4. The van der Waals surface area contributed by atoms with E-state index in [1.165, 1.54) is 0 Å². The predicted octanol–water partition coefficient (Wildman–Crippen LogP) is 1.90. The quantitative estimate of drug-likeness (QED) is 0.819. The molecule has 0 amide bonds. The fraction of sp³-hybridized carbons (Fsp3) is 0.364. The zero-order valence-corrected chi connectivity index (χ0v) is 10.3. The molecule has 0 aliphatic rings. The molecule has 1 N–H and O–H groups in total. The zero-order valence-electron chi connectivity index (χ0n) is 9.52. The molecule has 0 radical (unpaired) electrons. The standard InChI is InChI=1S/C11H15NO3S/c1-8(2)11(13)9-4-6-10(7-5-9)12-16(3,14)15/h4-8,12H,1-3H3. The molecule has 0 fully saturated rings. The fourth-order valence-electron chi connectivity index (χ4n) is 1.25. The molecule has 1 aromatic rings. The summed E-state index contributed by atoms with van der Waals surface area (Å²) in [6.07, 6.45) is 1.08. The topological polar surface area (TPSA) is 63.2 Å². The summed E-state index contributed by atoms with van der Waals surface area (Å²) in [5.41, 5.74) is 1.05. The number of carbonyl (C=O) groups is 1. The number of hydrogen-bond acceptors (Lipinski definition) is 3. The average Bonchev–Trinajstić information content (AvgIpc) is 2.15. The van der Waals surface area contributed by atoms with E-state index in [1.807, 2.05) is 13.8 Å². The number of nitrogens with one attached hydrogen (secondary N) is 1. The molecule has 0 unspecified atom stereocenters. The zero-order chi connectivity index (χ0) is 12.3. The molecule has 0 aliphatic heterocycles. The maximum atomic E-state index is 11.6. The maximum absolute atomic E-state index is 11.6. The van der Waals surface area contributed by atoms with Crippen molar-refractivity contribution < 1.29 is 13.2 Å². The van der Waals surface area contributed by atoms with E-state index in [-0.39, 0.29) is 11.7 Å². The van der Waals surface area contributed by atoms with Crippen LogP contribution in [0.25, 0.3) is 0 Å². The van der Waals surface area contributed by atoms with Gasteiger partial charge >= 0.3 is 0 Å². The Hall–Kier alpha value is -1.36. The highest BCUT2D eigenvalue weighted by Gasteiger charge is 2.10. The Morgan fingerprint density at radius 1 is 1.19 bits per heavy atom. The second-order valence-corrected chi connectivity index (χ2v) is 5.72. The minimum atomic E-state index is -3.26. The van der Waals surface area contributed by atoms with Gasteiger partial charge in [-0.05, 0) is 24.3 Å². The van der Waals surface area contributed by atoms with Crippen LogP contribution in [0.15, 0.2) is 24.3 Å². The lowest BCUT2D eigenvalue weighted by atomic mass is 10.0. The van der Waals surface area contributed by atoms with Gasteiger partial charge in [-0.25, -0.2) is 8.42 Å². The van der Waals surface area contributed by atoms with Crippen LogP contribution >= 0.6 is 0 Å².